The van der Waals surface area contributed by atoms with E-state index < -0.39 is 22.0 Å². The molecule has 1 atom stereocenters. The Morgan fingerprint density at radius 2 is 1.81 bits per heavy atom. The van der Waals surface area contributed by atoms with Crippen molar-refractivity contribution in [3.8, 4) is 5.75 Å². The number of nitrogens with zero attached hydrogens (tertiary/aromatic N) is 1. The van der Waals surface area contributed by atoms with E-state index in [4.69, 9.17) is 16.3 Å². The Morgan fingerprint density at radius 1 is 1.19 bits per heavy atom. The summed E-state index contributed by atoms with van der Waals surface area (Å²) in [5.74, 6) is 0.171. The summed E-state index contributed by atoms with van der Waals surface area (Å²) in [6.07, 6.45) is 1.06. The first-order chi connectivity index (χ1) is 12.2. The molecule has 1 amide bonds. The molecule has 0 saturated carbocycles. The predicted octanol–water partition coefficient (Wildman–Crippen LogP) is 2.82. The highest BCUT2D eigenvalue weighted by atomic mass is 35.5. The van der Waals surface area contributed by atoms with Gasteiger partial charge in [-0.1, -0.05) is 29.8 Å². The Balaban J connectivity index is 2.19. The summed E-state index contributed by atoms with van der Waals surface area (Å²) in [5.41, 5.74) is 1.14. The minimum absolute atomic E-state index is 0.211. The zero-order chi connectivity index (χ0) is 19.3. The fourth-order valence-electron chi connectivity index (χ4n) is 2.51. The van der Waals surface area contributed by atoms with Crippen LogP contribution in [-0.4, -0.2) is 33.7 Å². The van der Waals surface area contributed by atoms with Crippen molar-refractivity contribution >= 4 is 33.2 Å². The second-order valence-electron chi connectivity index (χ2n) is 5.74. The molecule has 0 spiro atoms. The van der Waals surface area contributed by atoms with E-state index in [1.54, 1.807) is 42.5 Å². The predicted molar refractivity (Wildman–Crippen MR) is 103 cm³/mol. The molecule has 0 aliphatic heterocycles. The molecule has 0 aliphatic carbocycles. The molecule has 8 heteroatoms. The largest absolute Gasteiger partial charge is 0.497 e. The minimum atomic E-state index is -3.67. The molecule has 6 nitrogen and oxygen atoms in total. The smallest absolute Gasteiger partial charge is 0.243 e. The number of anilines is 1. The van der Waals surface area contributed by atoms with Gasteiger partial charge in [-0.3, -0.25) is 9.10 Å². The van der Waals surface area contributed by atoms with Crippen molar-refractivity contribution in [1.29, 1.82) is 0 Å². The number of nitrogens with one attached hydrogen (secondary N) is 1. The lowest BCUT2D eigenvalue weighted by Gasteiger charge is -2.28. The molecule has 1 N–H and O–H groups in total. The number of benzene rings is 2. The highest BCUT2D eigenvalue weighted by molar-refractivity contribution is 7.92. The van der Waals surface area contributed by atoms with Crippen LogP contribution in [0.4, 0.5) is 5.69 Å². The van der Waals surface area contributed by atoms with Crippen molar-refractivity contribution in [3.63, 3.8) is 0 Å². The molecule has 2 aromatic rings. The Bertz CT molecular complexity index is 869. The van der Waals surface area contributed by atoms with E-state index in [0.29, 0.717) is 16.5 Å². The number of halogens is 1. The number of amides is 1. The molecule has 0 aromatic heterocycles. The molecule has 0 unspecified atom stereocenters. The van der Waals surface area contributed by atoms with Gasteiger partial charge in [-0.05, 0) is 42.8 Å². The molecule has 0 radical (unpaired) electrons. The maximum absolute atomic E-state index is 12.5. The van der Waals surface area contributed by atoms with Crippen molar-refractivity contribution in [2.75, 3.05) is 17.7 Å². The van der Waals surface area contributed by atoms with Crippen LogP contribution in [0.15, 0.2) is 48.5 Å². The molecule has 26 heavy (non-hydrogen) atoms. The van der Waals surface area contributed by atoms with E-state index in [1.165, 1.54) is 14.0 Å². The normalized spacial score (nSPS) is 12.3. The fourth-order valence-corrected chi connectivity index (χ4v) is 3.89. The van der Waals surface area contributed by atoms with Crippen LogP contribution in [0.2, 0.25) is 5.02 Å². The summed E-state index contributed by atoms with van der Waals surface area (Å²) in [5, 5.41) is 3.27. The quantitative estimate of drug-likeness (QED) is 0.780. The number of sulfonamides is 1. The molecule has 2 aromatic carbocycles. The Kier molecular flexibility index (Phi) is 6.50. The maximum Gasteiger partial charge on any atom is 0.243 e. The van der Waals surface area contributed by atoms with Crippen LogP contribution >= 0.6 is 11.6 Å². The van der Waals surface area contributed by atoms with Gasteiger partial charge >= 0.3 is 0 Å². The average Bonchev–Trinajstić information content (AvgIpc) is 2.60. The van der Waals surface area contributed by atoms with E-state index in [2.05, 4.69) is 5.32 Å². The van der Waals surface area contributed by atoms with Gasteiger partial charge in [0.15, 0.2) is 0 Å². The maximum atomic E-state index is 12.5. The van der Waals surface area contributed by atoms with Crippen LogP contribution in [0.25, 0.3) is 0 Å². The number of ether oxygens (including phenoxy) is 1. The van der Waals surface area contributed by atoms with E-state index in [9.17, 15) is 13.2 Å². The number of carbonyl (C=O) groups is 1. The molecule has 0 fully saturated rings. The third kappa shape index (κ3) is 4.89. The fraction of sp³-hybridized carbons (Fsp3) is 0.278. The monoisotopic (exact) mass is 396 g/mol. The standard InChI is InChI=1S/C18H21ClN2O4S/c1-13(18(22)20-12-14-6-4-5-7-17(14)19)21(26(3,23)24)15-8-10-16(25-2)11-9-15/h4-11,13H,12H2,1-3H3,(H,20,22)/t13-/m1/s1. The second kappa shape index (κ2) is 8.42. The van der Waals surface area contributed by atoms with Gasteiger partial charge in [-0.2, -0.15) is 0 Å². The third-order valence-electron chi connectivity index (χ3n) is 3.83. The topological polar surface area (TPSA) is 75.7 Å². The first kappa shape index (κ1) is 20.1. The highest BCUT2D eigenvalue weighted by Gasteiger charge is 2.29. The summed E-state index contributed by atoms with van der Waals surface area (Å²) in [6.45, 7) is 1.75. The van der Waals surface area contributed by atoms with Crippen molar-refractivity contribution < 1.29 is 17.9 Å². The first-order valence-electron chi connectivity index (χ1n) is 7.88. The Morgan fingerprint density at radius 3 is 2.35 bits per heavy atom. The summed E-state index contributed by atoms with van der Waals surface area (Å²) < 4.78 is 30.7. The summed E-state index contributed by atoms with van der Waals surface area (Å²) in [7, 11) is -2.15. The van der Waals surface area contributed by atoms with Crippen molar-refractivity contribution in [1.82, 2.24) is 5.32 Å². The molecule has 140 valence electrons. The Labute approximate surface area is 158 Å². The lowest BCUT2D eigenvalue weighted by atomic mass is 10.2. The molecule has 0 heterocycles. The van der Waals surface area contributed by atoms with Crippen LogP contribution in [0.5, 0.6) is 5.75 Å². The molecule has 0 saturated heterocycles. The number of rotatable bonds is 7. The highest BCUT2D eigenvalue weighted by Crippen LogP contribution is 2.24. The van der Waals surface area contributed by atoms with Crippen LogP contribution in [-0.2, 0) is 21.4 Å². The number of hydrogen-bond acceptors (Lipinski definition) is 4. The van der Waals surface area contributed by atoms with Gasteiger partial charge in [-0.25, -0.2) is 8.42 Å². The zero-order valence-corrected chi connectivity index (χ0v) is 16.3. The minimum Gasteiger partial charge on any atom is -0.497 e. The summed E-state index contributed by atoms with van der Waals surface area (Å²) >= 11 is 6.08. The van der Waals surface area contributed by atoms with Crippen molar-refractivity contribution in [2.45, 2.75) is 19.5 Å². The van der Waals surface area contributed by atoms with Gasteiger partial charge in [-0.15, -0.1) is 0 Å². The van der Waals surface area contributed by atoms with Crippen LogP contribution in [0, 0.1) is 0 Å². The van der Waals surface area contributed by atoms with E-state index >= 15 is 0 Å². The molecule has 0 aliphatic rings. The van der Waals surface area contributed by atoms with Gasteiger partial charge < -0.3 is 10.1 Å². The van der Waals surface area contributed by atoms with Crippen LogP contribution in [0.3, 0.4) is 0 Å². The van der Waals surface area contributed by atoms with E-state index in [-0.39, 0.29) is 6.54 Å². The number of hydrogen-bond donors (Lipinski definition) is 1. The van der Waals surface area contributed by atoms with Gasteiger partial charge in [0, 0.05) is 11.6 Å². The molecular weight excluding hydrogens is 376 g/mol. The van der Waals surface area contributed by atoms with Crippen LogP contribution in [0.1, 0.15) is 12.5 Å². The summed E-state index contributed by atoms with van der Waals surface area (Å²) in [4.78, 5) is 12.5. The zero-order valence-electron chi connectivity index (χ0n) is 14.8. The second-order valence-corrected chi connectivity index (χ2v) is 8.01. The summed E-state index contributed by atoms with van der Waals surface area (Å²) in [6, 6.07) is 12.7. The first-order valence-corrected chi connectivity index (χ1v) is 10.1. The SMILES string of the molecule is COc1ccc(N([C@H](C)C(=O)NCc2ccccc2Cl)S(C)(=O)=O)cc1. The number of carbonyl (C=O) groups excluding carboxylic acids is 1. The van der Waals surface area contributed by atoms with Gasteiger partial charge in [0.1, 0.15) is 11.8 Å². The number of methoxy groups -OCH3 is 1. The average molecular weight is 397 g/mol. The van der Waals surface area contributed by atoms with Gasteiger partial charge in [0.2, 0.25) is 15.9 Å². The lowest BCUT2D eigenvalue weighted by molar-refractivity contribution is -0.122. The Hall–Kier alpha value is -2.25. The molecular formula is C18H21ClN2O4S. The van der Waals surface area contributed by atoms with Crippen molar-refractivity contribution in [3.05, 3.63) is 59.1 Å². The van der Waals surface area contributed by atoms with E-state index in [1.807, 2.05) is 6.07 Å². The molecule has 2 rings (SSSR count). The van der Waals surface area contributed by atoms with Crippen LogP contribution < -0.4 is 14.4 Å². The van der Waals surface area contributed by atoms with E-state index in [0.717, 1.165) is 16.1 Å². The van der Waals surface area contributed by atoms with Crippen molar-refractivity contribution in [2.24, 2.45) is 0 Å². The third-order valence-corrected chi connectivity index (χ3v) is 5.44. The van der Waals surface area contributed by atoms with Gasteiger partial charge in [0.05, 0.1) is 19.1 Å². The lowest BCUT2D eigenvalue weighted by Crippen LogP contribution is -2.47. The molecule has 0 bridgehead atoms. The van der Waals surface area contributed by atoms with Gasteiger partial charge in [0.25, 0.3) is 0 Å².